The van der Waals surface area contributed by atoms with E-state index in [1.54, 1.807) is 0 Å². The molecule has 5 rings (SSSR count). The summed E-state index contributed by atoms with van der Waals surface area (Å²) in [5.74, 6) is -1.66. The maximum absolute atomic E-state index is 13.9. The summed E-state index contributed by atoms with van der Waals surface area (Å²) in [7, 11) is 0. The summed E-state index contributed by atoms with van der Waals surface area (Å²) in [4.78, 5) is 47.0. The Kier molecular flexibility index (Phi) is 9.76. The van der Waals surface area contributed by atoms with E-state index >= 15 is 0 Å². The molecule has 0 radical (unpaired) electrons. The number of carbonyl (C=O) groups is 3. The third kappa shape index (κ3) is 7.18. The Morgan fingerprint density at radius 2 is 1.34 bits per heavy atom. The highest BCUT2D eigenvalue weighted by Crippen LogP contribution is 2.21. The largest absolute Gasteiger partial charge is 0.459 e. The first-order valence-corrected chi connectivity index (χ1v) is 15.0. The Balaban J connectivity index is 1.34. The fraction of sp³-hybridized carbons (Fsp3) is 0.286. The highest BCUT2D eigenvalue weighted by Gasteiger charge is 2.32. The minimum atomic E-state index is -0.982. The smallest absolute Gasteiger partial charge is 0.329 e. The summed E-state index contributed by atoms with van der Waals surface area (Å²) < 4.78 is 5.60. The van der Waals surface area contributed by atoms with E-state index in [0.29, 0.717) is 12.8 Å². The Hall–Kier alpha value is -4.89. The predicted octanol–water partition coefficient (Wildman–Crippen LogP) is 4.52. The zero-order valence-corrected chi connectivity index (χ0v) is 25.0. The molecule has 6 N–H and O–H groups in total. The van der Waals surface area contributed by atoms with Crippen molar-refractivity contribution in [2.24, 2.45) is 11.7 Å². The molecule has 0 spiro atoms. The summed E-state index contributed by atoms with van der Waals surface area (Å²) >= 11 is 0. The molecule has 2 aromatic heterocycles. The van der Waals surface area contributed by atoms with Crippen molar-refractivity contribution < 1.29 is 19.1 Å². The van der Waals surface area contributed by atoms with Gasteiger partial charge in [-0.25, -0.2) is 4.79 Å². The van der Waals surface area contributed by atoms with Gasteiger partial charge in [-0.3, -0.25) is 9.59 Å². The summed E-state index contributed by atoms with van der Waals surface area (Å²) in [5.41, 5.74) is 10.9. The zero-order valence-electron chi connectivity index (χ0n) is 25.0. The number of nitrogens with one attached hydrogen (secondary N) is 4. The average molecular weight is 594 g/mol. The van der Waals surface area contributed by atoms with Gasteiger partial charge < -0.3 is 31.1 Å². The Morgan fingerprint density at radius 3 is 1.95 bits per heavy atom. The lowest BCUT2D eigenvalue weighted by atomic mass is 9.97. The van der Waals surface area contributed by atoms with Crippen LogP contribution in [0.25, 0.3) is 21.8 Å². The molecular weight excluding hydrogens is 554 g/mol. The van der Waals surface area contributed by atoms with Gasteiger partial charge in [-0.05, 0) is 41.2 Å². The van der Waals surface area contributed by atoms with Crippen molar-refractivity contribution in [1.82, 2.24) is 20.6 Å². The predicted molar refractivity (Wildman–Crippen MR) is 172 cm³/mol. The monoisotopic (exact) mass is 593 g/mol. The minimum Gasteiger partial charge on any atom is -0.459 e. The third-order valence-corrected chi connectivity index (χ3v) is 8.17. The number of ether oxygens (including phenoxy) is 1. The van der Waals surface area contributed by atoms with E-state index < -0.39 is 35.9 Å². The number of fused-ring (bicyclic) bond motifs is 2. The fourth-order valence-corrected chi connectivity index (χ4v) is 5.38. The average Bonchev–Trinajstić information content (AvgIpc) is 3.66. The lowest BCUT2D eigenvalue weighted by Gasteiger charge is -2.26. The van der Waals surface area contributed by atoms with Crippen LogP contribution < -0.4 is 16.4 Å². The van der Waals surface area contributed by atoms with Gasteiger partial charge in [0.05, 0.1) is 6.04 Å². The lowest BCUT2D eigenvalue weighted by Crippen LogP contribution is -2.56. The van der Waals surface area contributed by atoms with Gasteiger partial charge in [-0.1, -0.05) is 87.0 Å². The molecule has 3 aromatic carbocycles. The first-order chi connectivity index (χ1) is 21.3. The number of esters is 1. The molecule has 0 fully saturated rings. The van der Waals surface area contributed by atoms with Gasteiger partial charge >= 0.3 is 5.97 Å². The Morgan fingerprint density at radius 1 is 0.773 bits per heavy atom. The van der Waals surface area contributed by atoms with Crippen molar-refractivity contribution in [3.63, 3.8) is 0 Å². The summed E-state index contributed by atoms with van der Waals surface area (Å²) in [6.45, 7) is 3.93. The molecule has 9 nitrogen and oxygen atoms in total. The minimum absolute atomic E-state index is 0.0979. The molecule has 0 aliphatic carbocycles. The molecule has 0 aliphatic rings. The van der Waals surface area contributed by atoms with Gasteiger partial charge in [0.25, 0.3) is 0 Å². The standard InChI is InChI=1S/C35H39N5O4/c1-3-22(2)32(35(43)44-21-23-11-5-4-6-12-23)40-34(42)31(18-25-20-38-30-16-10-8-14-27(25)30)39-33(41)28(36)17-24-19-37-29-15-9-7-13-26(24)29/h4-16,19-20,22,28,31-32,37-38H,3,17-18,21,36H2,1-2H3,(H,39,41)(H,40,42). The molecule has 9 heteroatoms. The van der Waals surface area contributed by atoms with Crippen LogP contribution in [0.5, 0.6) is 0 Å². The zero-order chi connectivity index (χ0) is 31.1. The van der Waals surface area contributed by atoms with Crippen molar-refractivity contribution >= 4 is 39.6 Å². The number of amides is 2. The normalized spacial score (nSPS) is 14.1. The van der Waals surface area contributed by atoms with Crippen LogP contribution in [0.2, 0.25) is 0 Å². The van der Waals surface area contributed by atoms with Crippen molar-refractivity contribution in [1.29, 1.82) is 0 Å². The van der Waals surface area contributed by atoms with Crippen LogP contribution in [0.1, 0.15) is 37.0 Å². The quantitative estimate of drug-likeness (QED) is 0.128. The molecule has 4 atom stereocenters. The van der Waals surface area contributed by atoms with Gasteiger partial charge in [-0.15, -0.1) is 0 Å². The van der Waals surface area contributed by atoms with Crippen LogP contribution in [-0.4, -0.2) is 45.9 Å². The number of H-pyrrole nitrogens is 2. The molecule has 0 saturated carbocycles. The number of rotatable bonds is 13. The number of hydrogen-bond acceptors (Lipinski definition) is 5. The maximum Gasteiger partial charge on any atom is 0.329 e. The van der Waals surface area contributed by atoms with Gasteiger partial charge in [-0.2, -0.15) is 0 Å². The van der Waals surface area contributed by atoms with Crippen molar-refractivity contribution in [2.45, 2.75) is 57.8 Å². The number of aromatic nitrogens is 2. The van der Waals surface area contributed by atoms with Crippen LogP contribution >= 0.6 is 0 Å². The topological polar surface area (TPSA) is 142 Å². The van der Waals surface area contributed by atoms with E-state index in [1.165, 1.54) is 0 Å². The number of benzene rings is 3. The van der Waals surface area contributed by atoms with Crippen LogP contribution in [-0.2, 0) is 38.6 Å². The summed E-state index contributed by atoms with van der Waals surface area (Å²) in [5, 5.41) is 7.72. The second-order valence-corrected chi connectivity index (χ2v) is 11.3. The van der Waals surface area contributed by atoms with E-state index in [1.807, 2.05) is 105 Å². The van der Waals surface area contributed by atoms with Crippen LogP contribution in [0.15, 0.2) is 91.3 Å². The van der Waals surface area contributed by atoms with E-state index in [0.717, 1.165) is 38.5 Å². The second-order valence-electron chi connectivity index (χ2n) is 11.3. The first kappa shape index (κ1) is 30.6. The Labute approximate surface area is 256 Å². The molecule has 0 saturated heterocycles. The van der Waals surface area contributed by atoms with Crippen LogP contribution in [0.3, 0.4) is 0 Å². The van der Waals surface area contributed by atoms with Crippen molar-refractivity contribution in [2.75, 3.05) is 0 Å². The maximum atomic E-state index is 13.9. The van der Waals surface area contributed by atoms with Gasteiger partial charge in [0.2, 0.25) is 11.8 Å². The van der Waals surface area contributed by atoms with Crippen molar-refractivity contribution in [3.05, 3.63) is 108 Å². The molecule has 0 bridgehead atoms. The molecule has 228 valence electrons. The molecule has 2 amide bonds. The molecule has 0 aliphatic heterocycles. The van der Waals surface area contributed by atoms with Crippen LogP contribution in [0, 0.1) is 5.92 Å². The molecule has 2 heterocycles. The highest BCUT2D eigenvalue weighted by molar-refractivity contribution is 5.93. The highest BCUT2D eigenvalue weighted by atomic mass is 16.5. The fourth-order valence-electron chi connectivity index (χ4n) is 5.38. The molecular formula is C35H39N5O4. The van der Waals surface area contributed by atoms with Gasteiger partial charge in [0.15, 0.2) is 0 Å². The molecule has 4 unspecified atom stereocenters. The van der Waals surface area contributed by atoms with Crippen molar-refractivity contribution in [3.8, 4) is 0 Å². The lowest BCUT2D eigenvalue weighted by molar-refractivity contribution is -0.151. The number of para-hydroxylation sites is 2. The third-order valence-electron chi connectivity index (χ3n) is 8.17. The van der Waals surface area contributed by atoms with E-state index in [9.17, 15) is 14.4 Å². The number of hydrogen-bond donors (Lipinski definition) is 5. The van der Waals surface area contributed by atoms with E-state index in [-0.39, 0.29) is 18.9 Å². The number of aromatic amines is 2. The molecule has 5 aromatic rings. The van der Waals surface area contributed by atoms with Crippen LogP contribution in [0.4, 0.5) is 0 Å². The Bertz CT molecular complexity index is 1730. The van der Waals surface area contributed by atoms with E-state index in [2.05, 4.69) is 20.6 Å². The first-order valence-electron chi connectivity index (χ1n) is 15.0. The SMILES string of the molecule is CCC(C)C(NC(=O)C(Cc1c[nH]c2ccccc12)NC(=O)C(N)Cc1c[nH]c2ccccc12)C(=O)OCc1ccccc1. The second kappa shape index (κ2) is 14.1. The number of nitrogens with two attached hydrogens (primary N) is 1. The summed E-state index contributed by atoms with van der Waals surface area (Å²) in [6.07, 6.45) is 4.82. The van der Waals surface area contributed by atoms with E-state index in [4.69, 9.17) is 10.5 Å². The number of carbonyl (C=O) groups excluding carboxylic acids is 3. The summed E-state index contributed by atoms with van der Waals surface area (Å²) in [6, 6.07) is 22.2. The van der Waals surface area contributed by atoms with Gasteiger partial charge in [0, 0.05) is 40.6 Å². The molecule has 44 heavy (non-hydrogen) atoms. The van der Waals surface area contributed by atoms with Gasteiger partial charge in [0.1, 0.15) is 18.7 Å².